The van der Waals surface area contributed by atoms with Crippen molar-refractivity contribution in [2.24, 2.45) is 0 Å². The summed E-state index contributed by atoms with van der Waals surface area (Å²) in [4.78, 5) is 30.2. The monoisotopic (exact) mass is 2210 g/mol. The Hall–Kier alpha value is -12.7. The number of pyridine rings is 7. The molecule has 0 fully saturated rings. The molecule has 0 atom stereocenters. The number of benzene rings is 11. The largest absolute Gasteiger partial charge is 0.501 e. The summed E-state index contributed by atoms with van der Waals surface area (Å²) in [5, 5.41) is 8.94. The predicted molar refractivity (Wildman–Crippen MR) is 449 cm³/mol. The van der Waals surface area contributed by atoms with Gasteiger partial charge in [0, 0.05) is 145 Å². The van der Waals surface area contributed by atoms with Crippen LogP contribution < -0.4 is 0 Å². The average molecular weight is 2210 g/mol. The summed E-state index contributed by atoms with van der Waals surface area (Å²) < 4.78 is 23.9. The number of hydrogen-bond donors (Lipinski definition) is 0. The van der Waals surface area contributed by atoms with Gasteiger partial charge in [-0.1, -0.05) is 202 Å². The van der Waals surface area contributed by atoms with E-state index in [2.05, 4.69) is 102 Å². The first-order valence-corrected chi connectivity index (χ1v) is 36.2. The standard InChI is InChI=1S/4C17H10NO.3C11H8N.4Ir/c4*1-2-10-16-12(6-1)13-7-5-8-14(17(13)19-16)15-9-3-4-11-18-15;3*1-2-6-10(7-3-1)11-8-4-5-9-12-11;;;;/h4*1-7,9-11H;3*1-6,8-9H;;;;/q7*-1;;;;. The van der Waals surface area contributed by atoms with E-state index in [0.717, 1.165) is 167 Å². The van der Waals surface area contributed by atoms with Gasteiger partial charge in [0.2, 0.25) is 0 Å². The topological polar surface area (TPSA) is 143 Å². The molecule has 0 saturated heterocycles. The molecule has 11 aromatic heterocycles. The number of nitrogens with zero attached hydrogens (tertiary/aromatic N) is 7. The molecule has 0 aliphatic rings. The molecule has 570 valence electrons. The van der Waals surface area contributed by atoms with E-state index in [9.17, 15) is 0 Å². The van der Waals surface area contributed by atoms with Crippen LogP contribution >= 0.6 is 0 Å². The minimum absolute atomic E-state index is 0. The maximum atomic E-state index is 5.97. The maximum Gasteiger partial charge on any atom is 0.120 e. The van der Waals surface area contributed by atoms with E-state index in [1.165, 1.54) is 0 Å². The fraction of sp³-hybridized carbons (Fsp3) is 0. The van der Waals surface area contributed by atoms with Crippen molar-refractivity contribution in [2.75, 3.05) is 0 Å². The molecule has 22 rings (SSSR count). The molecule has 11 nitrogen and oxygen atoms in total. The quantitative estimate of drug-likeness (QED) is 0.141. The second-order valence-electron chi connectivity index (χ2n) is 25.1. The van der Waals surface area contributed by atoms with Gasteiger partial charge in [0.05, 0.1) is 22.3 Å². The smallest absolute Gasteiger partial charge is 0.120 e. The zero-order chi connectivity index (χ0) is 75.3. The van der Waals surface area contributed by atoms with Crippen LogP contribution in [-0.2, 0) is 80.4 Å². The van der Waals surface area contributed by atoms with Crippen molar-refractivity contribution in [1.29, 1.82) is 0 Å². The van der Waals surface area contributed by atoms with E-state index in [4.69, 9.17) is 17.7 Å². The van der Waals surface area contributed by atoms with Gasteiger partial charge in [-0.2, -0.15) is 0 Å². The van der Waals surface area contributed by atoms with Gasteiger partial charge >= 0.3 is 0 Å². The number of rotatable bonds is 7. The second-order valence-corrected chi connectivity index (χ2v) is 25.1. The van der Waals surface area contributed by atoms with Gasteiger partial charge in [-0.15, -0.1) is 180 Å². The number of aromatic nitrogens is 7. The van der Waals surface area contributed by atoms with Crippen molar-refractivity contribution in [1.82, 2.24) is 34.9 Å². The van der Waals surface area contributed by atoms with Crippen molar-refractivity contribution in [3.63, 3.8) is 0 Å². The van der Waals surface area contributed by atoms with Crippen LogP contribution in [0.1, 0.15) is 0 Å². The van der Waals surface area contributed by atoms with E-state index in [-0.39, 0.29) is 80.4 Å². The first-order chi connectivity index (χ1) is 55.6. The molecule has 0 saturated carbocycles. The van der Waals surface area contributed by atoms with Gasteiger partial charge in [0.25, 0.3) is 0 Å². The van der Waals surface area contributed by atoms with Crippen LogP contribution in [0.2, 0.25) is 0 Å². The Morgan fingerprint density at radius 3 is 0.560 bits per heavy atom. The van der Waals surface area contributed by atoms with Crippen molar-refractivity contribution in [2.45, 2.75) is 0 Å². The summed E-state index contributed by atoms with van der Waals surface area (Å²) in [6.07, 6.45) is 12.5. The summed E-state index contributed by atoms with van der Waals surface area (Å²) in [5.74, 6) is 0. The van der Waals surface area contributed by atoms with Crippen molar-refractivity contribution in [3.05, 3.63) is 432 Å². The molecular weight excluding hydrogens is 2140 g/mol. The van der Waals surface area contributed by atoms with Crippen LogP contribution in [0.15, 0.2) is 407 Å². The molecule has 0 aliphatic heterocycles. The Bertz CT molecular complexity index is 5850. The molecule has 0 unspecified atom stereocenters. The van der Waals surface area contributed by atoms with E-state index in [0.29, 0.717) is 0 Å². The Morgan fingerprint density at radius 2 is 0.362 bits per heavy atom. The molecule has 0 N–H and O–H groups in total. The van der Waals surface area contributed by atoms with Crippen molar-refractivity contribution >= 4 is 87.8 Å². The molecule has 4 radical (unpaired) electrons. The molecule has 0 bridgehead atoms. The van der Waals surface area contributed by atoms with E-state index in [1.54, 1.807) is 43.4 Å². The number of furan rings is 4. The van der Waals surface area contributed by atoms with E-state index in [1.807, 2.05) is 322 Å². The third kappa shape index (κ3) is 19.7. The zero-order valence-corrected chi connectivity index (χ0v) is 71.1. The average Bonchev–Trinajstić information content (AvgIpc) is 1.64. The normalized spacial score (nSPS) is 10.3. The van der Waals surface area contributed by atoms with Crippen LogP contribution in [0.3, 0.4) is 0 Å². The van der Waals surface area contributed by atoms with Crippen LogP contribution in [0, 0.1) is 42.5 Å². The summed E-state index contributed by atoms with van der Waals surface area (Å²) in [7, 11) is 0. The van der Waals surface area contributed by atoms with E-state index < -0.39 is 0 Å². The molecular formula is C101H64Ir4N7O4-7. The number of fused-ring (bicyclic) bond motifs is 12. The molecule has 0 amide bonds. The molecule has 11 aromatic carbocycles. The summed E-state index contributed by atoms with van der Waals surface area (Å²) >= 11 is 0. The van der Waals surface area contributed by atoms with Crippen LogP contribution in [0.4, 0.5) is 0 Å². The summed E-state index contributed by atoms with van der Waals surface area (Å²) in [5.41, 5.74) is 20.2. The first kappa shape index (κ1) is 82.7. The Balaban J connectivity index is 0.000000125. The fourth-order valence-corrected chi connectivity index (χ4v) is 12.8. The Morgan fingerprint density at radius 1 is 0.164 bits per heavy atom. The van der Waals surface area contributed by atoms with Gasteiger partial charge in [0.15, 0.2) is 0 Å². The molecule has 116 heavy (non-hydrogen) atoms. The molecule has 0 spiro atoms. The van der Waals surface area contributed by atoms with Gasteiger partial charge < -0.3 is 52.6 Å². The SMILES string of the molecule is [Ir].[Ir].[Ir].[Ir].[c-]1ccc2c(oc3ccccc32)c1-c1ccccn1.[c-]1ccc2c(oc3ccccc32)c1-c1ccccn1.[c-]1ccc2c(oc3ccccc32)c1-c1ccccn1.[c-]1ccc2c(oc3ccccc32)c1-c1ccccn1.[c-]1ccccc1-c1ccccn1.[c-]1ccccc1-c1ccccn1.[c-]1ccccc1-c1ccccn1. The van der Waals surface area contributed by atoms with Crippen molar-refractivity contribution in [3.8, 4) is 78.8 Å². The molecule has 11 heterocycles. The Kier molecular flexibility index (Phi) is 29.5. The molecule has 15 heteroatoms. The Labute approximate surface area is 724 Å². The fourth-order valence-electron chi connectivity index (χ4n) is 12.8. The first-order valence-electron chi connectivity index (χ1n) is 36.2. The number of para-hydroxylation sites is 4. The second kappa shape index (κ2) is 41.3. The van der Waals surface area contributed by atoms with Crippen LogP contribution in [-0.4, -0.2) is 34.9 Å². The minimum atomic E-state index is 0. The van der Waals surface area contributed by atoms with Gasteiger partial charge in [-0.05, 0) is 107 Å². The third-order valence-corrected chi connectivity index (χ3v) is 18.0. The third-order valence-electron chi connectivity index (χ3n) is 18.0. The zero-order valence-electron chi connectivity index (χ0n) is 61.5. The number of hydrogen-bond acceptors (Lipinski definition) is 11. The van der Waals surface area contributed by atoms with E-state index >= 15 is 0 Å². The minimum Gasteiger partial charge on any atom is -0.501 e. The van der Waals surface area contributed by atoms with Crippen LogP contribution in [0.25, 0.3) is 167 Å². The molecule has 0 aliphatic carbocycles. The van der Waals surface area contributed by atoms with Crippen LogP contribution in [0.5, 0.6) is 0 Å². The summed E-state index contributed by atoms with van der Waals surface area (Å²) in [6, 6.07) is 135. The maximum absolute atomic E-state index is 5.97. The van der Waals surface area contributed by atoms with Gasteiger partial charge in [-0.25, -0.2) is 0 Å². The predicted octanol–water partition coefficient (Wildman–Crippen LogP) is 25.4. The summed E-state index contributed by atoms with van der Waals surface area (Å²) in [6.45, 7) is 0. The van der Waals surface area contributed by atoms with Gasteiger partial charge in [-0.3, -0.25) is 0 Å². The van der Waals surface area contributed by atoms with Crippen molar-refractivity contribution < 1.29 is 98.1 Å². The molecule has 22 aromatic rings. The van der Waals surface area contributed by atoms with Gasteiger partial charge in [0.1, 0.15) is 22.3 Å².